The molecule has 3 aromatic rings. The lowest BCUT2D eigenvalue weighted by Crippen LogP contribution is -2.18. The highest BCUT2D eigenvalue weighted by molar-refractivity contribution is 5.84. The number of hydrogen-bond donors (Lipinski definition) is 0. The highest BCUT2D eigenvalue weighted by Crippen LogP contribution is 2.34. The zero-order valence-electron chi connectivity index (χ0n) is 11.0. The van der Waals surface area contributed by atoms with Gasteiger partial charge in [-0.05, 0) is 17.5 Å². The molecule has 3 nitrogen and oxygen atoms in total. The van der Waals surface area contributed by atoms with Gasteiger partial charge >= 0.3 is 0 Å². The van der Waals surface area contributed by atoms with Crippen LogP contribution in [0.4, 0.5) is 0 Å². The van der Waals surface area contributed by atoms with Gasteiger partial charge in [-0.1, -0.05) is 48.5 Å². The van der Waals surface area contributed by atoms with Gasteiger partial charge in [0.2, 0.25) is 0 Å². The van der Waals surface area contributed by atoms with Crippen molar-refractivity contribution < 1.29 is 4.74 Å². The average Bonchev–Trinajstić information content (AvgIpc) is 2.54. The van der Waals surface area contributed by atoms with E-state index in [4.69, 9.17) is 4.74 Å². The lowest BCUT2D eigenvalue weighted by Gasteiger charge is -2.26. The summed E-state index contributed by atoms with van der Waals surface area (Å²) in [5, 5.41) is 10.7. The molecule has 0 bridgehead atoms. The summed E-state index contributed by atoms with van der Waals surface area (Å²) in [5.41, 5.74) is 3.47. The van der Waals surface area contributed by atoms with Crippen molar-refractivity contribution in [2.75, 3.05) is 6.61 Å². The van der Waals surface area contributed by atoms with Gasteiger partial charge in [-0.3, -0.25) is 0 Å². The molecule has 4 rings (SSSR count). The second-order valence-corrected chi connectivity index (χ2v) is 5.02. The van der Waals surface area contributed by atoms with E-state index in [9.17, 15) is 0 Å². The smallest absolute Gasteiger partial charge is 0.127 e. The third-order valence-corrected chi connectivity index (χ3v) is 3.84. The number of nitrogens with zero attached hydrogens (tertiary/aromatic N) is 2. The first kappa shape index (κ1) is 11.6. The van der Waals surface area contributed by atoms with Gasteiger partial charge in [0.05, 0.1) is 12.8 Å². The fourth-order valence-electron chi connectivity index (χ4n) is 2.86. The Morgan fingerprint density at radius 2 is 1.85 bits per heavy atom. The molecule has 1 aliphatic heterocycles. The van der Waals surface area contributed by atoms with E-state index in [0.29, 0.717) is 0 Å². The molecule has 3 heteroatoms. The van der Waals surface area contributed by atoms with Gasteiger partial charge in [0.25, 0.3) is 0 Å². The molecule has 1 aliphatic rings. The minimum atomic E-state index is -0.112. The number of ether oxygens (including phenoxy) is 1. The number of aromatic nitrogens is 2. The van der Waals surface area contributed by atoms with Gasteiger partial charge in [0.15, 0.2) is 0 Å². The van der Waals surface area contributed by atoms with Crippen LogP contribution in [0.25, 0.3) is 10.8 Å². The zero-order chi connectivity index (χ0) is 13.4. The zero-order valence-corrected chi connectivity index (χ0v) is 11.0. The van der Waals surface area contributed by atoms with E-state index in [0.717, 1.165) is 29.5 Å². The van der Waals surface area contributed by atoms with E-state index in [2.05, 4.69) is 46.6 Å². The molecule has 0 saturated carbocycles. The second kappa shape index (κ2) is 4.69. The Kier molecular flexibility index (Phi) is 2.71. The highest BCUT2D eigenvalue weighted by atomic mass is 16.5. The number of hydrogen-bond acceptors (Lipinski definition) is 3. The molecule has 1 atom stereocenters. The van der Waals surface area contributed by atoms with Gasteiger partial charge in [0.1, 0.15) is 11.8 Å². The van der Waals surface area contributed by atoms with Crippen molar-refractivity contribution in [2.45, 2.75) is 12.5 Å². The molecule has 0 amide bonds. The lowest BCUT2D eigenvalue weighted by molar-refractivity contribution is 0.0675. The van der Waals surface area contributed by atoms with E-state index >= 15 is 0 Å². The Labute approximate surface area is 117 Å². The Morgan fingerprint density at radius 1 is 1.00 bits per heavy atom. The first-order valence-electron chi connectivity index (χ1n) is 6.83. The fourth-order valence-corrected chi connectivity index (χ4v) is 2.86. The van der Waals surface area contributed by atoms with E-state index in [1.54, 1.807) is 6.20 Å². The topological polar surface area (TPSA) is 35.0 Å². The van der Waals surface area contributed by atoms with Crippen molar-refractivity contribution in [3.63, 3.8) is 0 Å². The van der Waals surface area contributed by atoms with Crippen molar-refractivity contribution in [1.29, 1.82) is 0 Å². The number of rotatable bonds is 1. The molecular weight excluding hydrogens is 248 g/mol. The average molecular weight is 262 g/mol. The summed E-state index contributed by atoms with van der Waals surface area (Å²) in [6, 6.07) is 16.6. The number of fused-ring (bicyclic) bond motifs is 2. The fraction of sp³-hybridized carbons (Fsp3) is 0.176. The molecule has 0 saturated heterocycles. The van der Waals surface area contributed by atoms with Crippen LogP contribution in [0.3, 0.4) is 0 Å². The molecule has 20 heavy (non-hydrogen) atoms. The van der Waals surface area contributed by atoms with E-state index in [1.807, 2.05) is 12.1 Å². The van der Waals surface area contributed by atoms with Gasteiger partial charge in [0, 0.05) is 10.8 Å². The molecule has 0 N–H and O–H groups in total. The van der Waals surface area contributed by atoms with Gasteiger partial charge in [-0.25, -0.2) is 0 Å². The van der Waals surface area contributed by atoms with Gasteiger partial charge in [-0.15, -0.1) is 0 Å². The standard InChI is InChI=1S/C17H14N2O/c1-4-8-15-12(5-1)9-10-20-17(15)16-14-7-3-2-6-13(14)11-18-19-16/h1-8,11,17H,9-10H2. The largest absolute Gasteiger partial charge is 0.367 e. The summed E-state index contributed by atoms with van der Waals surface area (Å²) in [7, 11) is 0. The Bertz CT molecular complexity index is 764. The van der Waals surface area contributed by atoms with Crippen molar-refractivity contribution in [2.24, 2.45) is 0 Å². The van der Waals surface area contributed by atoms with Crippen LogP contribution in [0.15, 0.2) is 54.7 Å². The first-order chi connectivity index (χ1) is 9.93. The van der Waals surface area contributed by atoms with Gasteiger partial charge in [-0.2, -0.15) is 10.2 Å². The molecular formula is C17H14N2O. The third kappa shape index (κ3) is 1.79. The SMILES string of the molecule is c1ccc2c(c1)CCOC2c1nncc2ccccc12. The minimum absolute atomic E-state index is 0.112. The van der Waals surface area contributed by atoms with E-state index in [-0.39, 0.29) is 6.10 Å². The van der Waals surface area contributed by atoms with E-state index < -0.39 is 0 Å². The monoisotopic (exact) mass is 262 g/mol. The predicted molar refractivity (Wildman–Crippen MR) is 77.5 cm³/mol. The van der Waals surface area contributed by atoms with Crippen molar-refractivity contribution >= 4 is 10.8 Å². The summed E-state index contributed by atoms with van der Waals surface area (Å²) in [6.45, 7) is 0.729. The van der Waals surface area contributed by atoms with Crippen LogP contribution in [0, 0.1) is 0 Å². The molecule has 0 spiro atoms. The Morgan fingerprint density at radius 3 is 2.85 bits per heavy atom. The van der Waals surface area contributed by atoms with Crippen LogP contribution in [0.1, 0.15) is 22.9 Å². The van der Waals surface area contributed by atoms with Crippen LogP contribution in [-0.2, 0) is 11.2 Å². The van der Waals surface area contributed by atoms with Crippen molar-refractivity contribution in [3.05, 3.63) is 71.5 Å². The van der Waals surface area contributed by atoms with Crippen LogP contribution < -0.4 is 0 Å². The minimum Gasteiger partial charge on any atom is -0.367 e. The van der Waals surface area contributed by atoms with Crippen LogP contribution in [0.2, 0.25) is 0 Å². The van der Waals surface area contributed by atoms with Gasteiger partial charge < -0.3 is 4.74 Å². The summed E-state index contributed by atoms with van der Waals surface area (Å²) < 4.78 is 6.00. The van der Waals surface area contributed by atoms with E-state index in [1.165, 1.54) is 11.1 Å². The van der Waals surface area contributed by atoms with Crippen molar-refractivity contribution in [1.82, 2.24) is 10.2 Å². The summed E-state index contributed by atoms with van der Waals surface area (Å²) in [4.78, 5) is 0. The molecule has 1 aromatic heterocycles. The van der Waals surface area contributed by atoms with Crippen molar-refractivity contribution in [3.8, 4) is 0 Å². The van der Waals surface area contributed by atoms with Crippen LogP contribution in [0.5, 0.6) is 0 Å². The molecule has 98 valence electrons. The Balaban J connectivity index is 1.93. The molecule has 2 aromatic carbocycles. The molecule has 0 radical (unpaired) electrons. The Hall–Kier alpha value is -2.26. The molecule has 0 aliphatic carbocycles. The quantitative estimate of drug-likeness (QED) is 0.675. The maximum absolute atomic E-state index is 6.00. The summed E-state index contributed by atoms with van der Waals surface area (Å²) in [5.74, 6) is 0. The lowest BCUT2D eigenvalue weighted by atomic mass is 9.94. The summed E-state index contributed by atoms with van der Waals surface area (Å²) in [6.07, 6.45) is 2.65. The predicted octanol–water partition coefficient (Wildman–Crippen LogP) is 3.29. The van der Waals surface area contributed by atoms with Crippen LogP contribution in [-0.4, -0.2) is 16.8 Å². The highest BCUT2D eigenvalue weighted by Gasteiger charge is 2.25. The summed E-state index contributed by atoms with van der Waals surface area (Å²) >= 11 is 0. The first-order valence-corrected chi connectivity index (χ1v) is 6.83. The molecule has 2 heterocycles. The third-order valence-electron chi connectivity index (χ3n) is 3.84. The maximum Gasteiger partial charge on any atom is 0.127 e. The molecule has 1 unspecified atom stereocenters. The molecule has 0 fully saturated rings. The maximum atomic E-state index is 6.00. The normalized spacial score (nSPS) is 17.9. The number of benzene rings is 2. The second-order valence-electron chi connectivity index (χ2n) is 5.02. The van der Waals surface area contributed by atoms with Crippen LogP contribution >= 0.6 is 0 Å².